The van der Waals surface area contributed by atoms with Gasteiger partial charge in [-0.25, -0.2) is 9.82 Å². The van der Waals surface area contributed by atoms with Crippen LogP contribution in [0.3, 0.4) is 0 Å². The van der Waals surface area contributed by atoms with Crippen LogP contribution in [0.5, 0.6) is 0 Å². The standard InChI is InChI=1S/C18H24FN5O2.ClH/c19-13-3-1-12(2-4-13)17(25)23-7-9-24(10-8-23)18(26)16-14-11-20-6-5-15(14)21-22-16;/h1-4,14-16,20-22H,5-11H2;1H. The molecule has 27 heavy (non-hydrogen) atoms. The molecule has 0 aliphatic carbocycles. The molecule has 3 heterocycles. The number of fused-ring (bicyclic) bond motifs is 1. The van der Waals surface area contributed by atoms with Gasteiger partial charge in [-0.3, -0.25) is 15.0 Å². The molecule has 3 atom stereocenters. The second-order valence-electron chi connectivity index (χ2n) is 7.15. The van der Waals surface area contributed by atoms with E-state index in [1.807, 2.05) is 4.90 Å². The zero-order valence-electron chi connectivity index (χ0n) is 15.0. The summed E-state index contributed by atoms with van der Waals surface area (Å²) >= 11 is 0. The molecule has 3 aliphatic rings. The molecule has 7 nitrogen and oxygen atoms in total. The number of amides is 2. The molecule has 0 spiro atoms. The van der Waals surface area contributed by atoms with E-state index in [1.54, 1.807) is 4.90 Å². The number of rotatable bonds is 2. The Kier molecular flexibility index (Phi) is 6.31. The lowest BCUT2D eigenvalue weighted by molar-refractivity contribution is -0.135. The van der Waals surface area contributed by atoms with Crippen molar-refractivity contribution >= 4 is 24.2 Å². The predicted molar refractivity (Wildman–Crippen MR) is 101 cm³/mol. The summed E-state index contributed by atoms with van der Waals surface area (Å²) in [5.74, 6) is -0.114. The Balaban J connectivity index is 0.00000210. The van der Waals surface area contributed by atoms with Crippen molar-refractivity contribution in [2.75, 3.05) is 39.3 Å². The molecule has 3 saturated heterocycles. The zero-order valence-corrected chi connectivity index (χ0v) is 15.8. The second-order valence-corrected chi connectivity index (χ2v) is 7.15. The van der Waals surface area contributed by atoms with Crippen molar-refractivity contribution < 1.29 is 14.0 Å². The van der Waals surface area contributed by atoms with Gasteiger partial charge in [-0.1, -0.05) is 0 Å². The number of piperidine rings is 1. The molecular weight excluding hydrogens is 373 g/mol. The average molecular weight is 398 g/mol. The Hall–Kier alpha value is -1.74. The van der Waals surface area contributed by atoms with E-state index in [0.717, 1.165) is 19.5 Å². The van der Waals surface area contributed by atoms with Crippen LogP contribution in [0.2, 0.25) is 0 Å². The summed E-state index contributed by atoms with van der Waals surface area (Å²) in [5.41, 5.74) is 6.89. The minimum atomic E-state index is -0.356. The van der Waals surface area contributed by atoms with Crippen molar-refractivity contribution in [2.24, 2.45) is 5.92 Å². The van der Waals surface area contributed by atoms with Gasteiger partial charge in [-0.05, 0) is 37.2 Å². The van der Waals surface area contributed by atoms with Gasteiger partial charge in [0.15, 0.2) is 0 Å². The zero-order chi connectivity index (χ0) is 18.1. The Morgan fingerprint density at radius 1 is 1.00 bits per heavy atom. The Morgan fingerprint density at radius 3 is 2.37 bits per heavy atom. The van der Waals surface area contributed by atoms with Gasteiger partial charge in [0.25, 0.3) is 5.91 Å². The van der Waals surface area contributed by atoms with Crippen LogP contribution in [0.25, 0.3) is 0 Å². The number of carbonyl (C=O) groups excluding carboxylic acids is 2. The smallest absolute Gasteiger partial charge is 0.253 e. The summed E-state index contributed by atoms with van der Waals surface area (Å²) in [6, 6.07) is 5.71. The molecule has 3 fully saturated rings. The molecule has 1 aromatic carbocycles. The van der Waals surface area contributed by atoms with Crippen LogP contribution < -0.4 is 16.2 Å². The summed E-state index contributed by atoms with van der Waals surface area (Å²) in [6.07, 6.45) is 1.02. The third-order valence-corrected chi connectivity index (χ3v) is 5.62. The predicted octanol–water partition coefficient (Wildman–Crippen LogP) is -0.0136. The number of hydrogen-bond donors (Lipinski definition) is 3. The van der Waals surface area contributed by atoms with E-state index in [0.29, 0.717) is 37.8 Å². The first-order valence-electron chi connectivity index (χ1n) is 9.19. The van der Waals surface area contributed by atoms with Crippen molar-refractivity contribution in [3.05, 3.63) is 35.6 Å². The summed E-state index contributed by atoms with van der Waals surface area (Å²) in [4.78, 5) is 29.0. The molecule has 3 N–H and O–H groups in total. The molecule has 9 heteroatoms. The average Bonchev–Trinajstić information content (AvgIpc) is 3.12. The Labute approximate surface area is 164 Å². The second kappa shape index (κ2) is 8.52. The molecule has 2 amide bonds. The molecule has 3 unspecified atom stereocenters. The van der Waals surface area contributed by atoms with E-state index in [-0.39, 0.29) is 42.0 Å². The number of halogens is 2. The van der Waals surface area contributed by atoms with Crippen LogP contribution in [0.4, 0.5) is 4.39 Å². The van der Waals surface area contributed by atoms with E-state index in [9.17, 15) is 14.0 Å². The summed E-state index contributed by atoms with van der Waals surface area (Å²) in [6.45, 7) is 3.84. The van der Waals surface area contributed by atoms with E-state index < -0.39 is 0 Å². The van der Waals surface area contributed by atoms with Gasteiger partial charge in [-0.2, -0.15) is 0 Å². The highest BCUT2D eigenvalue weighted by Crippen LogP contribution is 2.22. The first-order valence-corrected chi connectivity index (χ1v) is 9.19. The fraction of sp³-hybridized carbons (Fsp3) is 0.556. The van der Waals surface area contributed by atoms with Crippen LogP contribution in [-0.4, -0.2) is 73.0 Å². The van der Waals surface area contributed by atoms with Crippen LogP contribution in [0, 0.1) is 11.7 Å². The van der Waals surface area contributed by atoms with Crippen LogP contribution in [0.15, 0.2) is 24.3 Å². The number of piperazine rings is 1. The fourth-order valence-electron chi connectivity index (χ4n) is 4.06. The van der Waals surface area contributed by atoms with Gasteiger partial charge in [0.1, 0.15) is 11.9 Å². The molecule has 3 aliphatic heterocycles. The summed E-state index contributed by atoms with van der Waals surface area (Å²) in [5, 5.41) is 3.36. The molecule has 148 valence electrons. The number of benzene rings is 1. The maximum absolute atomic E-state index is 13.0. The van der Waals surface area contributed by atoms with Crippen molar-refractivity contribution in [1.29, 1.82) is 0 Å². The normalized spacial score (nSPS) is 27.7. The van der Waals surface area contributed by atoms with Gasteiger partial charge < -0.3 is 15.1 Å². The van der Waals surface area contributed by atoms with E-state index >= 15 is 0 Å². The van der Waals surface area contributed by atoms with Gasteiger partial charge in [-0.15, -0.1) is 12.4 Å². The maximum Gasteiger partial charge on any atom is 0.253 e. The fourth-order valence-corrected chi connectivity index (χ4v) is 4.06. The lowest BCUT2D eigenvalue weighted by Crippen LogP contribution is -2.56. The van der Waals surface area contributed by atoms with Crippen LogP contribution in [0.1, 0.15) is 16.8 Å². The van der Waals surface area contributed by atoms with E-state index in [2.05, 4.69) is 16.2 Å². The number of hydrazine groups is 1. The number of carbonyl (C=O) groups is 2. The molecule has 0 bridgehead atoms. The van der Waals surface area contributed by atoms with Crippen molar-refractivity contribution in [2.45, 2.75) is 18.5 Å². The van der Waals surface area contributed by atoms with E-state index in [4.69, 9.17) is 0 Å². The van der Waals surface area contributed by atoms with Crippen molar-refractivity contribution in [3.63, 3.8) is 0 Å². The SMILES string of the molecule is Cl.O=C(c1ccc(F)cc1)N1CCN(C(=O)C2NNC3CCNCC32)CC1. The monoisotopic (exact) mass is 397 g/mol. The maximum atomic E-state index is 13.0. The number of nitrogens with one attached hydrogen (secondary N) is 3. The molecule has 4 rings (SSSR count). The highest BCUT2D eigenvalue weighted by atomic mass is 35.5. The van der Waals surface area contributed by atoms with Crippen molar-refractivity contribution in [1.82, 2.24) is 26.0 Å². The lowest BCUT2D eigenvalue weighted by Gasteiger charge is -2.37. The van der Waals surface area contributed by atoms with Crippen molar-refractivity contribution in [3.8, 4) is 0 Å². The van der Waals surface area contributed by atoms with Gasteiger partial charge in [0.2, 0.25) is 5.91 Å². The largest absolute Gasteiger partial charge is 0.338 e. The Bertz CT molecular complexity index is 681. The molecular formula is C18H25ClFN5O2. The van der Waals surface area contributed by atoms with Crippen LogP contribution in [-0.2, 0) is 4.79 Å². The number of nitrogens with zero attached hydrogens (tertiary/aromatic N) is 2. The molecule has 0 radical (unpaired) electrons. The first-order chi connectivity index (χ1) is 12.6. The summed E-state index contributed by atoms with van der Waals surface area (Å²) in [7, 11) is 0. The van der Waals surface area contributed by atoms with Gasteiger partial charge in [0.05, 0.1) is 0 Å². The lowest BCUT2D eigenvalue weighted by atomic mass is 9.89. The van der Waals surface area contributed by atoms with Gasteiger partial charge in [0, 0.05) is 50.2 Å². The van der Waals surface area contributed by atoms with Gasteiger partial charge >= 0.3 is 0 Å². The topological polar surface area (TPSA) is 76.7 Å². The van der Waals surface area contributed by atoms with Crippen LogP contribution >= 0.6 is 12.4 Å². The molecule has 0 aromatic heterocycles. The third kappa shape index (κ3) is 4.08. The first kappa shape index (κ1) is 20.0. The summed E-state index contributed by atoms with van der Waals surface area (Å²) < 4.78 is 13.0. The number of hydrogen-bond acceptors (Lipinski definition) is 5. The minimum absolute atomic E-state index is 0. The third-order valence-electron chi connectivity index (χ3n) is 5.62. The molecule has 1 aromatic rings. The quantitative estimate of drug-likeness (QED) is 0.654. The highest BCUT2D eigenvalue weighted by Gasteiger charge is 2.43. The van der Waals surface area contributed by atoms with E-state index in [1.165, 1.54) is 24.3 Å². The minimum Gasteiger partial charge on any atom is -0.338 e. The Morgan fingerprint density at radius 2 is 1.67 bits per heavy atom. The molecule has 0 saturated carbocycles. The highest BCUT2D eigenvalue weighted by molar-refractivity contribution is 5.94.